The molecule has 3 aromatic rings. The zero-order chi connectivity index (χ0) is 14.7. The highest BCUT2D eigenvalue weighted by Crippen LogP contribution is 2.30. The van der Waals surface area contributed by atoms with E-state index in [1.165, 1.54) is 0 Å². The molecule has 1 unspecified atom stereocenters. The van der Waals surface area contributed by atoms with Gasteiger partial charge in [-0.15, -0.1) is 0 Å². The van der Waals surface area contributed by atoms with E-state index in [0.29, 0.717) is 0 Å². The van der Waals surface area contributed by atoms with Crippen molar-refractivity contribution in [2.75, 3.05) is 12.4 Å². The summed E-state index contributed by atoms with van der Waals surface area (Å²) in [5.41, 5.74) is 0.985. The summed E-state index contributed by atoms with van der Waals surface area (Å²) in [5.74, 6) is 1.69. The molecule has 21 heavy (non-hydrogen) atoms. The fraction of sp³-hybridized carbons (Fsp3) is 0.176. The molecule has 0 spiro atoms. The second-order valence-electron chi connectivity index (χ2n) is 4.84. The lowest BCUT2D eigenvalue weighted by Crippen LogP contribution is -2.09. The van der Waals surface area contributed by atoms with E-state index >= 15 is 0 Å². The van der Waals surface area contributed by atoms with Crippen molar-refractivity contribution in [1.82, 2.24) is 9.97 Å². The van der Waals surface area contributed by atoms with Crippen molar-refractivity contribution in [3.8, 4) is 5.75 Å². The molecule has 2 aromatic heterocycles. The monoisotopic (exact) mass is 279 g/mol. The maximum atomic E-state index is 5.40. The molecule has 4 heteroatoms. The molecule has 1 atom stereocenters. The Labute approximate surface area is 123 Å². The topological polar surface area (TPSA) is 47.0 Å². The van der Waals surface area contributed by atoms with Gasteiger partial charge in [0.15, 0.2) is 0 Å². The van der Waals surface area contributed by atoms with Gasteiger partial charge in [-0.05, 0) is 31.2 Å². The Balaban J connectivity index is 1.98. The lowest BCUT2D eigenvalue weighted by atomic mass is 10.1. The van der Waals surface area contributed by atoms with Crippen LogP contribution in [0, 0.1) is 0 Å². The second kappa shape index (κ2) is 5.79. The van der Waals surface area contributed by atoms with Crippen molar-refractivity contribution in [3.05, 3.63) is 60.6 Å². The number of rotatable bonds is 4. The second-order valence-corrected chi connectivity index (χ2v) is 4.84. The summed E-state index contributed by atoms with van der Waals surface area (Å²) in [6, 6.07) is 13.9. The van der Waals surface area contributed by atoms with E-state index in [9.17, 15) is 0 Å². The lowest BCUT2D eigenvalue weighted by molar-refractivity contribution is 0.420. The Morgan fingerprint density at radius 3 is 2.62 bits per heavy atom. The number of nitrogens with one attached hydrogen (secondary N) is 1. The number of pyridine rings is 2. The Morgan fingerprint density at radius 2 is 1.86 bits per heavy atom. The van der Waals surface area contributed by atoms with E-state index in [-0.39, 0.29) is 6.04 Å². The molecule has 106 valence electrons. The highest BCUT2D eigenvalue weighted by Gasteiger charge is 2.10. The fourth-order valence-corrected chi connectivity index (χ4v) is 2.38. The van der Waals surface area contributed by atoms with E-state index < -0.39 is 0 Å². The summed E-state index contributed by atoms with van der Waals surface area (Å²) in [4.78, 5) is 8.83. The number of benzene rings is 1. The SMILES string of the molecule is COc1cccc2c(NC(C)c3ccccn3)nccc12. The number of nitrogens with zero attached hydrogens (tertiary/aromatic N) is 2. The summed E-state index contributed by atoms with van der Waals surface area (Å²) >= 11 is 0. The predicted molar refractivity (Wildman–Crippen MR) is 84.6 cm³/mol. The van der Waals surface area contributed by atoms with E-state index in [1.54, 1.807) is 19.5 Å². The van der Waals surface area contributed by atoms with Gasteiger partial charge in [0.2, 0.25) is 0 Å². The number of ether oxygens (including phenoxy) is 1. The first kappa shape index (κ1) is 13.4. The third-order valence-corrected chi connectivity index (χ3v) is 3.47. The van der Waals surface area contributed by atoms with Crippen molar-refractivity contribution < 1.29 is 4.74 Å². The van der Waals surface area contributed by atoms with E-state index in [2.05, 4.69) is 22.2 Å². The smallest absolute Gasteiger partial charge is 0.134 e. The van der Waals surface area contributed by atoms with Crippen molar-refractivity contribution >= 4 is 16.6 Å². The highest BCUT2D eigenvalue weighted by molar-refractivity contribution is 5.95. The Bertz CT molecular complexity index is 743. The first-order valence-electron chi connectivity index (χ1n) is 6.89. The molecule has 0 bridgehead atoms. The molecule has 1 aromatic carbocycles. The Morgan fingerprint density at radius 1 is 0.952 bits per heavy atom. The third kappa shape index (κ3) is 2.65. The summed E-state index contributed by atoms with van der Waals surface area (Å²) in [6.45, 7) is 2.07. The normalized spacial score (nSPS) is 12.1. The Hall–Kier alpha value is -2.62. The predicted octanol–water partition coefficient (Wildman–Crippen LogP) is 3.81. The van der Waals surface area contributed by atoms with Crippen LogP contribution in [0.4, 0.5) is 5.82 Å². The van der Waals surface area contributed by atoms with E-state index in [0.717, 1.165) is 28.0 Å². The molecule has 0 amide bonds. The van der Waals surface area contributed by atoms with E-state index in [4.69, 9.17) is 4.74 Å². The molecule has 0 saturated heterocycles. The molecule has 2 heterocycles. The number of aromatic nitrogens is 2. The Kier molecular flexibility index (Phi) is 3.69. The van der Waals surface area contributed by atoms with Gasteiger partial charge in [-0.25, -0.2) is 4.98 Å². The van der Waals surface area contributed by atoms with Gasteiger partial charge in [0, 0.05) is 23.2 Å². The molecule has 0 aliphatic rings. The van der Waals surface area contributed by atoms with Crippen LogP contribution in [0.25, 0.3) is 10.8 Å². The minimum Gasteiger partial charge on any atom is -0.496 e. The van der Waals surface area contributed by atoms with Gasteiger partial charge < -0.3 is 10.1 Å². The van der Waals surface area contributed by atoms with Crippen LogP contribution in [-0.4, -0.2) is 17.1 Å². The van der Waals surface area contributed by atoms with Crippen LogP contribution in [0.2, 0.25) is 0 Å². The first-order valence-corrected chi connectivity index (χ1v) is 6.89. The molecule has 0 saturated carbocycles. The van der Waals surface area contributed by atoms with Crippen molar-refractivity contribution in [2.45, 2.75) is 13.0 Å². The van der Waals surface area contributed by atoms with Crippen molar-refractivity contribution in [3.63, 3.8) is 0 Å². The zero-order valence-corrected chi connectivity index (χ0v) is 12.1. The molecular weight excluding hydrogens is 262 g/mol. The van der Waals surface area contributed by atoms with Crippen LogP contribution in [0.15, 0.2) is 54.9 Å². The minimum absolute atomic E-state index is 0.0792. The van der Waals surface area contributed by atoms with Gasteiger partial charge in [-0.3, -0.25) is 4.98 Å². The maximum Gasteiger partial charge on any atom is 0.134 e. The van der Waals surface area contributed by atoms with Crippen LogP contribution in [0.1, 0.15) is 18.7 Å². The van der Waals surface area contributed by atoms with Crippen LogP contribution in [0.3, 0.4) is 0 Å². The quantitative estimate of drug-likeness (QED) is 0.789. The summed E-state index contributed by atoms with van der Waals surface area (Å²) in [6.07, 6.45) is 3.59. The van der Waals surface area contributed by atoms with Gasteiger partial charge in [0.1, 0.15) is 11.6 Å². The van der Waals surface area contributed by atoms with Gasteiger partial charge in [-0.2, -0.15) is 0 Å². The van der Waals surface area contributed by atoms with Crippen LogP contribution in [-0.2, 0) is 0 Å². The molecule has 0 aliphatic carbocycles. The average Bonchev–Trinajstić information content (AvgIpc) is 2.55. The lowest BCUT2D eigenvalue weighted by Gasteiger charge is -2.16. The van der Waals surface area contributed by atoms with Crippen molar-refractivity contribution in [1.29, 1.82) is 0 Å². The number of hydrogen-bond donors (Lipinski definition) is 1. The summed E-state index contributed by atoms with van der Waals surface area (Å²) < 4.78 is 5.40. The third-order valence-electron chi connectivity index (χ3n) is 3.47. The molecule has 0 fully saturated rings. The van der Waals surface area contributed by atoms with E-state index in [1.807, 2.05) is 42.5 Å². The largest absolute Gasteiger partial charge is 0.496 e. The molecule has 0 radical (unpaired) electrons. The number of methoxy groups -OCH3 is 1. The van der Waals surface area contributed by atoms with Crippen molar-refractivity contribution in [2.24, 2.45) is 0 Å². The first-order chi connectivity index (χ1) is 10.3. The molecule has 1 N–H and O–H groups in total. The molecule has 3 rings (SSSR count). The number of fused-ring (bicyclic) bond motifs is 1. The molecule has 4 nitrogen and oxygen atoms in total. The van der Waals surface area contributed by atoms with Gasteiger partial charge in [0.25, 0.3) is 0 Å². The number of hydrogen-bond acceptors (Lipinski definition) is 4. The molecular formula is C17H17N3O. The molecule has 0 aliphatic heterocycles. The summed E-state index contributed by atoms with van der Waals surface area (Å²) in [5, 5.41) is 5.51. The van der Waals surface area contributed by atoms with Crippen LogP contribution < -0.4 is 10.1 Å². The van der Waals surface area contributed by atoms with Gasteiger partial charge >= 0.3 is 0 Å². The maximum absolute atomic E-state index is 5.40. The number of anilines is 1. The standard InChI is InChI=1S/C17H17N3O/c1-12(15-7-3-4-10-18-15)20-17-14-6-5-8-16(21-2)13(14)9-11-19-17/h3-12H,1-2H3,(H,19,20). The van der Waals surface area contributed by atoms with Crippen LogP contribution >= 0.6 is 0 Å². The minimum atomic E-state index is 0.0792. The van der Waals surface area contributed by atoms with Crippen LogP contribution in [0.5, 0.6) is 5.75 Å². The average molecular weight is 279 g/mol. The summed E-state index contributed by atoms with van der Waals surface area (Å²) in [7, 11) is 1.68. The fourth-order valence-electron chi connectivity index (χ4n) is 2.38. The van der Waals surface area contributed by atoms with Gasteiger partial charge in [0.05, 0.1) is 18.8 Å². The van der Waals surface area contributed by atoms with Gasteiger partial charge in [-0.1, -0.05) is 18.2 Å². The highest BCUT2D eigenvalue weighted by atomic mass is 16.5. The zero-order valence-electron chi connectivity index (χ0n) is 12.1.